The second kappa shape index (κ2) is 39.4. The Kier molecular flexibility index (Phi) is 28.2. The van der Waals surface area contributed by atoms with Crippen molar-refractivity contribution in [3.8, 4) is 6.07 Å². The second-order valence-corrected chi connectivity index (χ2v) is 31.0. The van der Waals surface area contributed by atoms with Gasteiger partial charge in [0.2, 0.25) is 0 Å². The highest BCUT2D eigenvalue weighted by molar-refractivity contribution is 6.49. The summed E-state index contributed by atoms with van der Waals surface area (Å²) in [6, 6.07) is 49.8. The van der Waals surface area contributed by atoms with Gasteiger partial charge in [-0.2, -0.15) is 19.5 Å². The number of fused-ring (bicyclic) bond motifs is 4. The number of nitrogens with zero attached hydrogens (tertiary/aromatic N) is 12. The molecule has 37 heteroatoms. The molecule has 0 radical (unpaired) electrons. The molecule has 4 amide bonds. The molecule has 0 saturated carbocycles. The van der Waals surface area contributed by atoms with E-state index in [1.807, 2.05) is 34.7 Å². The molecule has 0 atom stereocenters. The highest BCUT2D eigenvalue weighted by atomic mass is 35.5. The number of benzene rings is 4. The van der Waals surface area contributed by atoms with Crippen LogP contribution in [0.2, 0.25) is 45.2 Å². The van der Waals surface area contributed by atoms with E-state index in [2.05, 4.69) is 31.3 Å². The third-order valence-corrected chi connectivity index (χ3v) is 21.3. The van der Waals surface area contributed by atoms with Gasteiger partial charge >= 0.3 is 17.7 Å². The first kappa shape index (κ1) is 90.0. The van der Waals surface area contributed by atoms with Gasteiger partial charge < -0.3 is 38.5 Å². The predicted octanol–water partition coefficient (Wildman–Crippen LogP) is 18.7. The van der Waals surface area contributed by atoms with Crippen LogP contribution in [-0.2, 0) is 44.9 Å². The Hall–Kier alpha value is -13.7. The Bertz CT molecular complexity index is 7050. The van der Waals surface area contributed by atoms with Crippen molar-refractivity contribution in [1.82, 2.24) is 36.8 Å². The van der Waals surface area contributed by atoms with Gasteiger partial charge in [-0.1, -0.05) is 165 Å². The molecule has 0 saturated heterocycles. The standard InChI is InChI=1S/C23H14Cl2N4O3.C22H13Cl3FN3O3.C22H13Cl2F2N3O3.C22H14Cl2FN3O2/c24-18-12-28(32)13-19(25)21(18)27-23(31)22(30)17-10-16(29-8-2-1-3-20(17)29)9-14-4-6-15(11-26)7-5-14;23-13-5-6-29-15(7-12-1-3-14(26)4-2-12)9-16(19(29)8-13)21(30)22(31)27-20-17(24)10-28(32)11-18(20)25;23-17-10-28(32)11-18(24)20(17)27-22(31)21(30)16-9-15(7-12-1-3-13(25)4-2-12)29-6-5-14(26)8-19(16)29;23-16-11-26-12-17(24)20(16)27-22(30)21(29)19-10-14(18-3-1-2-8-28(18)19)9-13-4-6-15(25)7-5-13/h1-8,10,12-13,32H,9H2;2*1-6,8-11,32H,7H2;1-8,10-12H,9H2,(H,26,27,30). The van der Waals surface area contributed by atoms with E-state index in [0.29, 0.717) is 72.9 Å². The first-order valence-electron chi connectivity index (χ1n) is 36.6. The van der Waals surface area contributed by atoms with Crippen LogP contribution in [0.1, 0.15) is 92.0 Å². The molecular formula is C89H54Cl9F4N13O11. The van der Waals surface area contributed by atoms with Gasteiger partial charge in [0.15, 0.2) is 0 Å². The lowest BCUT2D eigenvalue weighted by Crippen LogP contribution is -2.24. The number of hydrogen-bond acceptors (Lipinski definition) is 13. The van der Waals surface area contributed by atoms with Crippen LogP contribution in [0.25, 0.3) is 22.1 Å². The number of ketones is 4. The number of rotatable bonds is 17. The highest BCUT2D eigenvalue weighted by Gasteiger charge is 2.28. The number of Topliss-reactive ketones (excluding diaryl/α,β-unsaturated/α-hetero) is 4. The Morgan fingerprint density at radius 3 is 1.14 bits per heavy atom. The van der Waals surface area contributed by atoms with Crippen molar-refractivity contribution >= 4 is 179 Å². The summed E-state index contributed by atoms with van der Waals surface area (Å²) in [6.45, 7) is 0. The minimum atomic E-state index is -1.17. The fraction of sp³-hybridized carbons (Fsp3) is 0.0449. The molecule has 632 valence electrons. The lowest BCUT2D eigenvalue weighted by molar-refractivity contribution is -0.114. The molecule has 0 aliphatic carbocycles. The van der Waals surface area contributed by atoms with E-state index in [0.717, 1.165) is 82.3 Å². The maximum Gasteiger partial charge on any atom is 0.318 e. The molecule has 0 unspecified atom stereocenters. The first-order valence-corrected chi connectivity index (χ1v) is 40.0. The van der Waals surface area contributed by atoms with E-state index in [1.165, 1.54) is 67.1 Å². The zero-order valence-corrected chi connectivity index (χ0v) is 70.8. The summed E-state index contributed by atoms with van der Waals surface area (Å²) >= 11 is 54.0. The molecule has 126 heavy (non-hydrogen) atoms. The third-order valence-electron chi connectivity index (χ3n) is 18.8. The number of amides is 4. The molecule has 12 heterocycles. The van der Waals surface area contributed by atoms with E-state index in [9.17, 15) is 71.5 Å². The molecule has 16 rings (SSSR count). The molecule has 0 fully saturated rings. The first-order chi connectivity index (χ1) is 60.2. The van der Waals surface area contributed by atoms with Gasteiger partial charge in [0.1, 0.15) is 39.3 Å². The molecule has 0 spiro atoms. The SMILES string of the molecule is N#Cc1ccc(Cc2cc(C(=O)C(=O)N=c3c(Cl)cn(O)cc3Cl)c3ccccn23)cc1.O=C(N=c1c(Cl)cn(O)cc1Cl)C(=O)c1cc(Cc2ccc(F)cc2)n2ccc(Cl)cc12.O=C(N=c1c(Cl)cn(O)cc1Cl)C(=O)c1cc(Cc2ccc(F)cc2)n2ccc(F)cc12.O=C(Nc1c(Cl)cncc1Cl)C(=O)c1cc(Cc2ccc(F)cc2)c2ccccn12. The van der Waals surface area contributed by atoms with Crippen molar-refractivity contribution in [1.29, 1.82) is 5.26 Å². The van der Waals surface area contributed by atoms with Crippen LogP contribution in [0, 0.1) is 34.6 Å². The number of aromatic nitrogens is 8. The summed E-state index contributed by atoms with van der Waals surface area (Å²) in [6.07, 6.45) is 17.4. The molecule has 24 nitrogen and oxygen atoms in total. The molecule has 4 N–H and O–H groups in total. The summed E-state index contributed by atoms with van der Waals surface area (Å²) in [5.41, 5.74) is 9.33. The van der Waals surface area contributed by atoms with Gasteiger partial charge in [-0.25, -0.2) is 32.5 Å². The summed E-state index contributed by atoms with van der Waals surface area (Å²) in [5.74, 6) is -9.26. The average molecular weight is 1880 g/mol. The Morgan fingerprint density at radius 2 is 0.730 bits per heavy atom. The number of anilines is 1. The number of halogens is 13. The number of hydrogen-bond donors (Lipinski definition) is 4. The fourth-order valence-electron chi connectivity index (χ4n) is 13.0. The van der Waals surface area contributed by atoms with Crippen molar-refractivity contribution in [3.63, 3.8) is 0 Å². The molecule has 16 aromatic rings. The van der Waals surface area contributed by atoms with Gasteiger partial charge in [0, 0.05) is 84.1 Å². The summed E-state index contributed by atoms with van der Waals surface area (Å²) in [7, 11) is 0. The van der Waals surface area contributed by atoms with E-state index >= 15 is 0 Å². The molecular weight excluding hydrogens is 1820 g/mol. The topological polar surface area (TPSA) is 315 Å². The minimum Gasteiger partial charge on any atom is -0.429 e. The Morgan fingerprint density at radius 1 is 0.373 bits per heavy atom. The van der Waals surface area contributed by atoms with Crippen LogP contribution < -0.4 is 21.4 Å². The van der Waals surface area contributed by atoms with Crippen LogP contribution >= 0.6 is 104 Å². The summed E-state index contributed by atoms with van der Waals surface area (Å²) in [5, 5.41) is 39.3. The van der Waals surface area contributed by atoms with E-state index < -0.39 is 52.6 Å². The predicted molar refractivity (Wildman–Crippen MR) is 463 cm³/mol. The van der Waals surface area contributed by atoms with Crippen molar-refractivity contribution in [2.24, 2.45) is 15.0 Å². The smallest absolute Gasteiger partial charge is 0.318 e. The molecule has 4 aromatic carbocycles. The lowest BCUT2D eigenvalue weighted by Gasteiger charge is -2.08. The van der Waals surface area contributed by atoms with Crippen molar-refractivity contribution in [3.05, 3.63) is 414 Å². The minimum absolute atomic E-state index is 0.0595. The Labute approximate surface area is 752 Å². The van der Waals surface area contributed by atoms with Gasteiger partial charge in [-0.3, -0.25) is 43.3 Å². The van der Waals surface area contributed by atoms with Crippen LogP contribution in [0.3, 0.4) is 0 Å². The van der Waals surface area contributed by atoms with Gasteiger partial charge in [-0.15, -0.1) is 0 Å². The second-order valence-electron chi connectivity index (χ2n) is 27.3. The van der Waals surface area contributed by atoms with Crippen LogP contribution in [-0.4, -0.2) is 99.2 Å². The van der Waals surface area contributed by atoms with E-state index in [4.69, 9.17) is 110 Å². The molecule has 0 aliphatic rings. The summed E-state index contributed by atoms with van der Waals surface area (Å²) in [4.78, 5) is 117. The molecule has 12 aromatic heterocycles. The fourth-order valence-corrected chi connectivity index (χ4v) is 15.2. The van der Waals surface area contributed by atoms with E-state index in [-0.39, 0.29) is 107 Å². The van der Waals surface area contributed by atoms with Crippen molar-refractivity contribution in [2.75, 3.05) is 5.32 Å². The van der Waals surface area contributed by atoms with E-state index in [1.54, 1.807) is 129 Å². The number of carbonyl (C=O) groups is 8. The maximum absolute atomic E-state index is 13.9. The zero-order chi connectivity index (χ0) is 90.1. The van der Waals surface area contributed by atoms with Crippen LogP contribution in [0.5, 0.6) is 0 Å². The summed E-state index contributed by atoms with van der Waals surface area (Å²) < 4.78 is 62.2. The number of nitriles is 1. The lowest BCUT2D eigenvalue weighted by atomic mass is 10.1. The molecule has 0 aliphatic heterocycles. The number of pyridine rings is 8. The average Bonchev–Trinajstić information content (AvgIpc) is 1.64. The third kappa shape index (κ3) is 21.0. The maximum atomic E-state index is 13.9. The van der Waals surface area contributed by atoms with Crippen molar-refractivity contribution < 1.29 is 71.5 Å². The van der Waals surface area contributed by atoms with Gasteiger partial charge in [-0.05, 0) is 156 Å². The Balaban J connectivity index is 0.000000144. The van der Waals surface area contributed by atoms with Crippen LogP contribution in [0.15, 0.2) is 271 Å². The monoisotopic (exact) mass is 1870 g/mol. The van der Waals surface area contributed by atoms with Crippen LogP contribution in [0.4, 0.5) is 23.2 Å². The van der Waals surface area contributed by atoms with Gasteiger partial charge in [0.25, 0.3) is 29.0 Å². The normalized spacial score (nSPS) is 10.9. The van der Waals surface area contributed by atoms with Crippen molar-refractivity contribution in [2.45, 2.75) is 25.7 Å². The zero-order valence-electron chi connectivity index (χ0n) is 64.0. The number of carbonyl (C=O) groups excluding carboxylic acids is 8. The number of nitrogens with one attached hydrogen (secondary N) is 1. The highest BCUT2D eigenvalue weighted by Crippen LogP contribution is 2.32. The molecule has 0 bridgehead atoms. The quantitative estimate of drug-likeness (QED) is 0.0285. The largest absolute Gasteiger partial charge is 0.429 e. The van der Waals surface area contributed by atoms with Gasteiger partial charge in [0.05, 0.1) is 134 Å².